The lowest BCUT2D eigenvalue weighted by Gasteiger charge is -2.32. The van der Waals surface area contributed by atoms with Gasteiger partial charge in [-0.2, -0.15) is 0 Å². The lowest BCUT2D eigenvalue weighted by molar-refractivity contribution is -0.158. The highest BCUT2D eigenvalue weighted by molar-refractivity contribution is 5.83. The summed E-state index contributed by atoms with van der Waals surface area (Å²) in [7, 11) is 1.24. The van der Waals surface area contributed by atoms with Crippen molar-refractivity contribution in [1.82, 2.24) is 10.2 Å². The number of hydrogen-bond donors (Lipinski definition) is 2. The fraction of sp³-hybridized carbons (Fsp3) is 0.727. The predicted octanol–water partition coefficient (Wildman–Crippen LogP) is -0.567. The summed E-state index contributed by atoms with van der Waals surface area (Å²) in [6.45, 7) is 2.22. The third-order valence-electron chi connectivity index (χ3n) is 2.82. The Kier molecular flexibility index (Phi) is 5.56. The fourth-order valence-corrected chi connectivity index (χ4v) is 1.69. The molecule has 0 aromatic heterocycles. The first-order chi connectivity index (χ1) is 8.99. The topological polar surface area (TPSA) is 105 Å². The van der Waals surface area contributed by atoms with E-state index in [1.54, 1.807) is 6.92 Å². The molecule has 0 saturated carbocycles. The van der Waals surface area contributed by atoms with Gasteiger partial charge in [0.25, 0.3) is 0 Å². The van der Waals surface area contributed by atoms with Crippen molar-refractivity contribution >= 4 is 18.0 Å². The molecule has 1 heterocycles. The zero-order chi connectivity index (χ0) is 14.4. The van der Waals surface area contributed by atoms with Crippen molar-refractivity contribution < 1.29 is 29.0 Å². The minimum Gasteiger partial charge on any atom is -0.480 e. The molecule has 2 atom stereocenters. The normalized spacial score (nSPS) is 20.5. The molecule has 0 aromatic carbocycles. The van der Waals surface area contributed by atoms with Gasteiger partial charge in [0.15, 0.2) is 6.10 Å². The summed E-state index contributed by atoms with van der Waals surface area (Å²) in [5, 5.41) is 11.3. The van der Waals surface area contributed by atoms with Crippen LogP contribution in [-0.2, 0) is 19.1 Å². The third kappa shape index (κ3) is 4.09. The maximum Gasteiger partial charge on any atom is 0.336 e. The van der Waals surface area contributed by atoms with Gasteiger partial charge in [0, 0.05) is 6.54 Å². The quantitative estimate of drug-likeness (QED) is 0.665. The third-order valence-corrected chi connectivity index (χ3v) is 2.82. The van der Waals surface area contributed by atoms with Gasteiger partial charge in [-0.1, -0.05) is 6.92 Å². The molecule has 1 aliphatic heterocycles. The fourth-order valence-electron chi connectivity index (χ4n) is 1.69. The first-order valence-corrected chi connectivity index (χ1v) is 5.97. The standard InChI is InChI=1S/C11H18N2O6/c1-3-7(9(14)15)12-11(17)13-4-5-19-8(6-13)10(16)18-2/h7-8H,3-6H2,1-2H3,(H,12,17)(H,14,15)/t7-,8?/m0/s1. The van der Waals surface area contributed by atoms with Crippen molar-refractivity contribution in [2.24, 2.45) is 0 Å². The summed E-state index contributed by atoms with van der Waals surface area (Å²) in [5.74, 6) is -1.64. The van der Waals surface area contributed by atoms with Crippen LogP contribution in [0, 0.1) is 0 Å². The number of nitrogens with zero attached hydrogens (tertiary/aromatic N) is 1. The molecule has 0 radical (unpaired) electrons. The zero-order valence-corrected chi connectivity index (χ0v) is 10.9. The van der Waals surface area contributed by atoms with Crippen molar-refractivity contribution in [3.63, 3.8) is 0 Å². The van der Waals surface area contributed by atoms with E-state index in [1.165, 1.54) is 12.0 Å². The van der Waals surface area contributed by atoms with Crippen molar-refractivity contribution in [2.75, 3.05) is 26.8 Å². The maximum atomic E-state index is 11.9. The number of esters is 1. The van der Waals surface area contributed by atoms with E-state index in [0.717, 1.165) is 0 Å². The number of carbonyl (C=O) groups is 3. The Morgan fingerprint density at radius 3 is 2.74 bits per heavy atom. The van der Waals surface area contributed by atoms with E-state index in [0.29, 0.717) is 6.54 Å². The molecular formula is C11H18N2O6. The maximum absolute atomic E-state index is 11.9. The average molecular weight is 274 g/mol. The number of methoxy groups -OCH3 is 1. The van der Waals surface area contributed by atoms with E-state index in [9.17, 15) is 14.4 Å². The smallest absolute Gasteiger partial charge is 0.336 e. The Hall–Kier alpha value is -1.83. The molecule has 8 nitrogen and oxygen atoms in total. The second-order valence-electron chi connectivity index (χ2n) is 4.08. The number of nitrogens with one attached hydrogen (secondary N) is 1. The molecule has 1 rings (SSSR count). The van der Waals surface area contributed by atoms with E-state index in [1.807, 2.05) is 0 Å². The van der Waals surface area contributed by atoms with Crippen LogP contribution in [0.4, 0.5) is 4.79 Å². The van der Waals surface area contributed by atoms with Gasteiger partial charge < -0.3 is 24.8 Å². The van der Waals surface area contributed by atoms with E-state index in [-0.39, 0.29) is 19.6 Å². The molecule has 8 heteroatoms. The molecule has 19 heavy (non-hydrogen) atoms. The summed E-state index contributed by atoms with van der Waals surface area (Å²) in [6.07, 6.45) is -0.541. The monoisotopic (exact) mass is 274 g/mol. The number of carboxylic acids is 1. The largest absolute Gasteiger partial charge is 0.480 e. The summed E-state index contributed by atoms with van der Waals surface area (Å²) >= 11 is 0. The molecule has 0 aromatic rings. The molecular weight excluding hydrogens is 256 g/mol. The van der Waals surface area contributed by atoms with Crippen LogP contribution in [0.2, 0.25) is 0 Å². The zero-order valence-electron chi connectivity index (χ0n) is 10.9. The molecule has 1 saturated heterocycles. The van der Waals surface area contributed by atoms with Crippen LogP contribution < -0.4 is 5.32 Å². The lowest BCUT2D eigenvalue weighted by Crippen LogP contribution is -2.54. The molecule has 0 spiro atoms. The number of amides is 2. The Balaban J connectivity index is 2.57. The summed E-state index contributed by atoms with van der Waals surface area (Å²) < 4.78 is 9.72. The Morgan fingerprint density at radius 1 is 1.53 bits per heavy atom. The molecule has 1 fully saturated rings. The number of rotatable bonds is 4. The molecule has 1 aliphatic rings. The van der Waals surface area contributed by atoms with E-state index >= 15 is 0 Å². The van der Waals surface area contributed by atoms with Crippen molar-refractivity contribution in [1.29, 1.82) is 0 Å². The molecule has 108 valence electrons. The number of urea groups is 1. The summed E-state index contributed by atoms with van der Waals surface area (Å²) in [5.41, 5.74) is 0. The summed E-state index contributed by atoms with van der Waals surface area (Å²) in [4.78, 5) is 35.4. The van der Waals surface area contributed by atoms with E-state index in [2.05, 4.69) is 10.1 Å². The van der Waals surface area contributed by atoms with E-state index in [4.69, 9.17) is 9.84 Å². The number of morpholine rings is 1. The molecule has 2 N–H and O–H groups in total. The van der Waals surface area contributed by atoms with Gasteiger partial charge in [0.2, 0.25) is 0 Å². The number of ether oxygens (including phenoxy) is 2. The number of carboxylic acid groups (broad SMARTS) is 1. The van der Waals surface area contributed by atoms with Gasteiger partial charge in [-0.05, 0) is 6.42 Å². The average Bonchev–Trinajstić information content (AvgIpc) is 2.43. The van der Waals surface area contributed by atoms with Gasteiger partial charge in [0.05, 0.1) is 20.3 Å². The Labute approximate surface area is 110 Å². The molecule has 1 unspecified atom stereocenters. The second-order valence-corrected chi connectivity index (χ2v) is 4.08. The minimum atomic E-state index is -1.09. The van der Waals surface area contributed by atoms with Gasteiger partial charge in [-0.15, -0.1) is 0 Å². The van der Waals surface area contributed by atoms with Crippen LogP contribution in [0.5, 0.6) is 0 Å². The van der Waals surface area contributed by atoms with Crippen molar-refractivity contribution in [3.8, 4) is 0 Å². The van der Waals surface area contributed by atoms with Crippen LogP contribution in [0.25, 0.3) is 0 Å². The van der Waals surface area contributed by atoms with Crippen molar-refractivity contribution in [2.45, 2.75) is 25.5 Å². The highest BCUT2D eigenvalue weighted by Crippen LogP contribution is 2.07. The number of aliphatic carboxylic acids is 1. The van der Waals surface area contributed by atoms with Crippen molar-refractivity contribution in [3.05, 3.63) is 0 Å². The van der Waals surface area contributed by atoms with Crippen LogP contribution in [-0.4, -0.2) is 66.9 Å². The second kappa shape index (κ2) is 6.93. The first-order valence-electron chi connectivity index (χ1n) is 5.97. The van der Waals surface area contributed by atoms with E-state index < -0.39 is 30.1 Å². The number of hydrogen-bond acceptors (Lipinski definition) is 5. The predicted molar refractivity (Wildman–Crippen MR) is 63.6 cm³/mol. The first kappa shape index (κ1) is 15.2. The van der Waals surface area contributed by atoms with Crippen LogP contribution in [0.15, 0.2) is 0 Å². The van der Waals surface area contributed by atoms with Crippen LogP contribution in [0.1, 0.15) is 13.3 Å². The minimum absolute atomic E-state index is 0.0502. The lowest BCUT2D eigenvalue weighted by atomic mass is 10.2. The van der Waals surface area contributed by atoms with Gasteiger partial charge in [0.1, 0.15) is 6.04 Å². The number of carbonyl (C=O) groups excluding carboxylic acids is 2. The van der Waals surface area contributed by atoms with Gasteiger partial charge in [-0.3, -0.25) is 0 Å². The van der Waals surface area contributed by atoms with Crippen LogP contribution >= 0.6 is 0 Å². The molecule has 0 aliphatic carbocycles. The Morgan fingerprint density at radius 2 is 2.21 bits per heavy atom. The Bertz CT molecular complexity index is 359. The highest BCUT2D eigenvalue weighted by atomic mass is 16.6. The van der Waals surface area contributed by atoms with Crippen LogP contribution in [0.3, 0.4) is 0 Å². The van der Waals surface area contributed by atoms with Gasteiger partial charge in [-0.25, -0.2) is 14.4 Å². The molecule has 2 amide bonds. The van der Waals surface area contributed by atoms with Gasteiger partial charge >= 0.3 is 18.0 Å². The summed E-state index contributed by atoms with van der Waals surface area (Å²) in [6, 6.07) is -1.46. The SMILES string of the molecule is CC[C@H](NC(=O)N1CCOC(C(=O)OC)C1)C(=O)O. The molecule has 0 bridgehead atoms. The highest BCUT2D eigenvalue weighted by Gasteiger charge is 2.31.